The van der Waals surface area contributed by atoms with E-state index in [2.05, 4.69) is 10.3 Å². The summed E-state index contributed by atoms with van der Waals surface area (Å²) in [6.45, 7) is 6.86. The van der Waals surface area contributed by atoms with Crippen LogP contribution in [0.15, 0.2) is 12.1 Å². The molecule has 0 aliphatic carbocycles. The first-order chi connectivity index (χ1) is 10.8. The van der Waals surface area contributed by atoms with Crippen LogP contribution in [-0.4, -0.2) is 62.2 Å². The maximum absolute atomic E-state index is 12.4. The number of rotatable bonds is 7. The van der Waals surface area contributed by atoms with Crippen LogP contribution in [-0.2, 0) is 9.53 Å². The second-order valence-corrected chi connectivity index (χ2v) is 5.67. The lowest BCUT2D eigenvalue weighted by molar-refractivity contribution is -0.140. The van der Waals surface area contributed by atoms with Crippen LogP contribution < -0.4 is 10.2 Å². The number of hydrogen-bond acceptors (Lipinski definition) is 5. The molecule has 0 atom stereocenters. The van der Waals surface area contributed by atoms with Crippen molar-refractivity contribution in [1.29, 1.82) is 0 Å². The van der Waals surface area contributed by atoms with Crippen LogP contribution in [0.1, 0.15) is 18.2 Å². The number of carbonyl (C=O) groups excluding carboxylic acids is 2. The van der Waals surface area contributed by atoms with E-state index in [1.54, 1.807) is 4.90 Å². The van der Waals surface area contributed by atoms with Gasteiger partial charge in [-0.3, -0.25) is 9.69 Å². The predicted molar refractivity (Wildman–Crippen MR) is 89.6 cm³/mol. The topological polar surface area (TPSA) is 74.8 Å². The van der Waals surface area contributed by atoms with Crippen molar-refractivity contribution in [2.45, 2.75) is 20.8 Å². The van der Waals surface area contributed by atoms with Crippen LogP contribution in [0.3, 0.4) is 0 Å². The first-order valence-corrected chi connectivity index (χ1v) is 7.58. The molecule has 0 radical (unpaired) electrons. The molecule has 0 aliphatic rings. The third kappa shape index (κ3) is 7.10. The second-order valence-electron chi connectivity index (χ2n) is 5.67. The van der Waals surface area contributed by atoms with Gasteiger partial charge in [-0.25, -0.2) is 9.78 Å². The van der Waals surface area contributed by atoms with Gasteiger partial charge in [-0.1, -0.05) is 0 Å². The fourth-order valence-corrected chi connectivity index (χ4v) is 2.03. The summed E-state index contributed by atoms with van der Waals surface area (Å²) in [4.78, 5) is 31.2. The van der Waals surface area contributed by atoms with Gasteiger partial charge in [0.25, 0.3) is 0 Å². The maximum atomic E-state index is 12.4. The van der Waals surface area contributed by atoms with Crippen molar-refractivity contribution in [2.75, 3.05) is 45.2 Å². The number of esters is 1. The lowest BCUT2D eigenvalue weighted by atomic mass is 10.2. The van der Waals surface area contributed by atoms with Gasteiger partial charge in [0.2, 0.25) is 0 Å². The molecule has 0 saturated carbocycles. The third-order valence-corrected chi connectivity index (χ3v) is 3.06. The molecule has 0 unspecified atom stereocenters. The average Bonchev–Trinajstić information content (AvgIpc) is 2.42. The molecule has 23 heavy (non-hydrogen) atoms. The molecule has 1 N–H and O–H groups in total. The van der Waals surface area contributed by atoms with E-state index in [9.17, 15) is 9.59 Å². The fourth-order valence-electron chi connectivity index (χ4n) is 2.03. The molecule has 0 bridgehead atoms. The zero-order chi connectivity index (χ0) is 17.4. The Balaban J connectivity index is 2.78. The molecule has 128 valence electrons. The number of anilines is 1. The molecule has 0 saturated heterocycles. The lowest BCUT2D eigenvalue weighted by Gasteiger charge is -2.24. The van der Waals surface area contributed by atoms with E-state index in [1.807, 2.05) is 45.0 Å². The Morgan fingerprint density at radius 1 is 1.22 bits per heavy atom. The summed E-state index contributed by atoms with van der Waals surface area (Å²) >= 11 is 0. The van der Waals surface area contributed by atoms with E-state index in [0.29, 0.717) is 18.9 Å². The zero-order valence-corrected chi connectivity index (χ0v) is 14.5. The minimum atomic E-state index is -0.361. The van der Waals surface area contributed by atoms with Gasteiger partial charge >= 0.3 is 12.0 Å². The van der Waals surface area contributed by atoms with Crippen molar-refractivity contribution in [1.82, 2.24) is 15.2 Å². The number of ether oxygens (including phenoxy) is 1. The van der Waals surface area contributed by atoms with E-state index in [0.717, 1.165) is 11.3 Å². The Kier molecular flexibility index (Phi) is 7.47. The van der Waals surface area contributed by atoms with Crippen molar-refractivity contribution in [3.8, 4) is 0 Å². The van der Waals surface area contributed by atoms with Crippen LogP contribution in [0, 0.1) is 13.8 Å². The first-order valence-electron chi connectivity index (χ1n) is 7.58. The van der Waals surface area contributed by atoms with Crippen LogP contribution in [0.2, 0.25) is 0 Å². The van der Waals surface area contributed by atoms with Crippen molar-refractivity contribution >= 4 is 17.8 Å². The molecule has 7 heteroatoms. The highest BCUT2D eigenvalue weighted by atomic mass is 16.5. The number of aromatic nitrogens is 1. The van der Waals surface area contributed by atoms with Gasteiger partial charge in [0.1, 0.15) is 12.4 Å². The van der Waals surface area contributed by atoms with Crippen molar-refractivity contribution in [3.05, 3.63) is 23.4 Å². The summed E-state index contributed by atoms with van der Waals surface area (Å²) in [7, 11) is 3.90. The zero-order valence-electron chi connectivity index (χ0n) is 14.5. The number of carbonyl (C=O) groups is 2. The summed E-state index contributed by atoms with van der Waals surface area (Å²) in [5, 5.41) is 2.75. The van der Waals surface area contributed by atoms with E-state index in [1.165, 1.54) is 6.92 Å². The molecule has 0 fully saturated rings. The normalized spacial score (nSPS) is 10.5. The molecular formula is C16H26N4O3. The highest BCUT2D eigenvalue weighted by molar-refractivity contribution is 5.91. The van der Waals surface area contributed by atoms with Crippen molar-refractivity contribution < 1.29 is 14.3 Å². The molecular weight excluding hydrogens is 296 g/mol. The second kappa shape index (κ2) is 9.09. The molecule has 1 aromatic heterocycles. The summed E-state index contributed by atoms with van der Waals surface area (Å²) < 4.78 is 4.82. The van der Waals surface area contributed by atoms with Gasteiger partial charge < -0.3 is 15.0 Å². The van der Waals surface area contributed by atoms with Crippen molar-refractivity contribution in [2.24, 2.45) is 0 Å². The van der Waals surface area contributed by atoms with Gasteiger partial charge in [-0.05, 0) is 45.6 Å². The Morgan fingerprint density at radius 2 is 1.91 bits per heavy atom. The van der Waals surface area contributed by atoms with E-state index >= 15 is 0 Å². The summed E-state index contributed by atoms with van der Waals surface area (Å²) in [5.74, 6) is 0.258. The van der Waals surface area contributed by atoms with Crippen LogP contribution in [0.5, 0.6) is 0 Å². The smallest absolute Gasteiger partial charge is 0.323 e. The fraction of sp³-hybridized carbons (Fsp3) is 0.562. The maximum Gasteiger partial charge on any atom is 0.323 e. The van der Waals surface area contributed by atoms with Gasteiger partial charge in [-0.2, -0.15) is 0 Å². The quantitative estimate of drug-likeness (QED) is 0.606. The lowest BCUT2D eigenvalue weighted by Crippen LogP contribution is -2.44. The summed E-state index contributed by atoms with van der Waals surface area (Å²) in [6, 6.07) is 3.59. The Bertz CT molecular complexity index is 526. The highest BCUT2D eigenvalue weighted by Gasteiger charge is 2.17. The number of nitrogens with one attached hydrogen (secondary N) is 1. The monoisotopic (exact) mass is 322 g/mol. The molecule has 0 aliphatic heterocycles. The Morgan fingerprint density at radius 3 is 2.48 bits per heavy atom. The number of urea groups is 1. The number of likely N-dealkylation sites (N-methyl/N-ethyl adjacent to an activating group) is 1. The minimum Gasteiger partial charge on any atom is -0.464 e. The molecule has 1 aromatic rings. The Hall–Kier alpha value is -2.15. The SMILES string of the molecule is CC(=O)OCCNC(=O)N(CCN(C)C)c1cc(C)cc(C)n1. The standard InChI is InChI=1S/C16H26N4O3/c1-12-10-13(2)18-15(11-12)20(8-7-19(4)5)16(22)17-6-9-23-14(3)21/h10-11H,6-9H2,1-5H3,(H,17,22). The molecule has 7 nitrogen and oxygen atoms in total. The molecule has 0 aromatic carbocycles. The van der Waals surface area contributed by atoms with Gasteiger partial charge in [0.05, 0.1) is 6.54 Å². The van der Waals surface area contributed by atoms with E-state index in [4.69, 9.17) is 4.74 Å². The highest BCUT2D eigenvalue weighted by Crippen LogP contribution is 2.14. The van der Waals surface area contributed by atoms with Gasteiger partial charge in [-0.15, -0.1) is 0 Å². The number of amides is 2. The minimum absolute atomic E-state index is 0.156. The van der Waals surface area contributed by atoms with Crippen LogP contribution in [0.4, 0.5) is 10.6 Å². The molecule has 1 rings (SSSR count). The number of aryl methyl sites for hydroxylation is 2. The van der Waals surface area contributed by atoms with Crippen LogP contribution in [0.25, 0.3) is 0 Å². The number of hydrogen-bond donors (Lipinski definition) is 1. The largest absolute Gasteiger partial charge is 0.464 e. The molecule has 2 amide bonds. The Labute approximate surface area is 137 Å². The van der Waals surface area contributed by atoms with Crippen LogP contribution >= 0.6 is 0 Å². The summed E-state index contributed by atoms with van der Waals surface area (Å²) in [6.07, 6.45) is 0. The average molecular weight is 322 g/mol. The summed E-state index contributed by atoms with van der Waals surface area (Å²) in [5.41, 5.74) is 1.91. The molecule has 0 spiro atoms. The van der Waals surface area contributed by atoms with Gasteiger partial charge in [0, 0.05) is 25.7 Å². The number of pyridine rings is 1. The third-order valence-electron chi connectivity index (χ3n) is 3.06. The first kappa shape index (κ1) is 18.9. The van der Waals surface area contributed by atoms with E-state index < -0.39 is 0 Å². The van der Waals surface area contributed by atoms with E-state index in [-0.39, 0.29) is 25.2 Å². The predicted octanol–water partition coefficient (Wildman–Crippen LogP) is 1.34. The van der Waals surface area contributed by atoms with Crippen molar-refractivity contribution in [3.63, 3.8) is 0 Å². The molecule has 1 heterocycles. The number of nitrogens with zero attached hydrogens (tertiary/aromatic N) is 3. The van der Waals surface area contributed by atoms with Gasteiger partial charge in [0.15, 0.2) is 0 Å².